The van der Waals surface area contributed by atoms with E-state index in [1.54, 1.807) is 7.05 Å². The van der Waals surface area contributed by atoms with Crippen molar-refractivity contribution in [3.05, 3.63) is 35.9 Å². The molecule has 0 spiro atoms. The highest BCUT2D eigenvalue weighted by Gasteiger charge is 2.26. The first kappa shape index (κ1) is 15.5. The van der Waals surface area contributed by atoms with Gasteiger partial charge in [-0.3, -0.25) is 0 Å². The Bertz CT molecular complexity index is 388. The maximum absolute atomic E-state index is 11.8. The number of ether oxygens (including phenoxy) is 1. The van der Waals surface area contributed by atoms with Gasteiger partial charge in [0.15, 0.2) is 0 Å². The van der Waals surface area contributed by atoms with Crippen molar-refractivity contribution in [3.63, 3.8) is 0 Å². The highest BCUT2D eigenvalue weighted by Crippen LogP contribution is 2.16. The Kier molecular flexibility index (Phi) is 5.83. The topological polar surface area (TPSA) is 49.8 Å². The highest BCUT2D eigenvalue weighted by molar-refractivity contribution is 5.67. The van der Waals surface area contributed by atoms with Crippen molar-refractivity contribution in [3.8, 4) is 0 Å². The summed E-state index contributed by atoms with van der Waals surface area (Å²) in [6, 6.07) is 9.53. The van der Waals surface area contributed by atoms with Crippen molar-refractivity contribution < 1.29 is 14.6 Å². The van der Waals surface area contributed by atoms with E-state index in [2.05, 4.69) is 0 Å². The molecule has 4 nitrogen and oxygen atoms in total. The number of likely N-dealkylation sites (N-methyl/N-ethyl adjacent to an activating group) is 1. The first-order valence-electron chi connectivity index (χ1n) is 6.65. The number of carbonyl (C=O) groups excluding carboxylic acids is 1. The van der Waals surface area contributed by atoms with Crippen molar-refractivity contribution in [1.82, 2.24) is 4.90 Å². The molecule has 1 N–H and O–H groups in total. The van der Waals surface area contributed by atoms with Crippen molar-refractivity contribution in [1.29, 1.82) is 0 Å². The highest BCUT2D eigenvalue weighted by atomic mass is 16.6. The van der Waals surface area contributed by atoms with E-state index in [4.69, 9.17) is 4.74 Å². The van der Waals surface area contributed by atoms with Gasteiger partial charge in [0, 0.05) is 7.05 Å². The molecule has 1 rings (SSSR count). The zero-order valence-corrected chi connectivity index (χ0v) is 11.9. The van der Waals surface area contributed by atoms with Crippen LogP contribution in [0.2, 0.25) is 0 Å². The van der Waals surface area contributed by atoms with Gasteiger partial charge in [-0.05, 0) is 18.4 Å². The quantitative estimate of drug-likeness (QED) is 0.860. The van der Waals surface area contributed by atoms with Gasteiger partial charge in [0.1, 0.15) is 6.61 Å². The van der Waals surface area contributed by atoms with Crippen molar-refractivity contribution in [2.24, 2.45) is 0 Å². The molecule has 0 heterocycles. The third kappa shape index (κ3) is 4.91. The molecular weight excluding hydrogens is 242 g/mol. The summed E-state index contributed by atoms with van der Waals surface area (Å²) in [4.78, 5) is 13.2. The number of nitrogens with zero attached hydrogens (tertiary/aromatic N) is 1. The molecule has 0 aromatic heterocycles. The maximum Gasteiger partial charge on any atom is 0.409 e. The van der Waals surface area contributed by atoms with Crippen molar-refractivity contribution >= 4 is 6.09 Å². The van der Waals surface area contributed by atoms with E-state index in [-0.39, 0.29) is 13.2 Å². The lowest BCUT2D eigenvalue weighted by molar-refractivity contribution is 0.000145. The molecule has 0 atom stereocenters. The summed E-state index contributed by atoms with van der Waals surface area (Å²) >= 11 is 0. The molecule has 1 aromatic carbocycles. The van der Waals surface area contributed by atoms with E-state index in [9.17, 15) is 9.90 Å². The normalized spacial score (nSPS) is 11.2. The minimum Gasteiger partial charge on any atom is -0.445 e. The van der Waals surface area contributed by atoms with E-state index in [0.29, 0.717) is 12.8 Å². The van der Waals surface area contributed by atoms with Gasteiger partial charge in [-0.25, -0.2) is 4.79 Å². The Morgan fingerprint density at radius 2 is 1.84 bits per heavy atom. The zero-order valence-electron chi connectivity index (χ0n) is 11.9. The SMILES string of the molecule is CCC(O)(CC)CN(C)C(=O)OCc1ccccc1. The first-order valence-corrected chi connectivity index (χ1v) is 6.65. The largest absolute Gasteiger partial charge is 0.445 e. The number of rotatable bonds is 6. The van der Waals surface area contributed by atoms with E-state index < -0.39 is 11.7 Å². The van der Waals surface area contributed by atoms with Gasteiger partial charge in [0.2, 0.25) is 0 Å². The van der Waals surface area contributed by atoms with Gasteiger partial charge in [0.05, 0.1) is 12.1 Å². The number of hydrogen-bond acceptors (Lipinski definition) is 3. The smallest absolute Gasteiger partial charge is 0.409 e. The summed E-state index contributed by atoms with van der Waals surface area (Å²) < 4.78 is 5.20. The molecule has 0 fully saturated rings. The molecular formula is C15H23NO3. The molecule has 4 heteroatoms. The maximum atomic E-state index is 11.8. The van der Waals surface area contributed by atoms with Gasteiger partial charge in [-0.15, -0.1) is 0 Å². The number of aliphatic hydroxyl groups is 1. The van der Waals surface area contributed by atoms with Crippen LogP contribution in [0.25, 0.3) is 0 Å². The van der Waals surface area contributed by atoms with Crippen LogP contribution < -0.4 is 0 Å². The molecule has 19 heavy (non-hydrogen) atoms. The van der Waals surface area contributed by atoms with Crippen molar-refractivity contribution in [2.75, 3.05) is 13.6 Å². The van der Waals surface area contributed by atoms with Gasteiger partial charge in [0.25, 0.3) is 0 Å². The Morgan fingerprint density at radius 1 is 1.26 bits per heavy atom. The number of amides is 1. The van der Waals surface area contributed by atoms with E-state index >= 15 is 0 Å². The summed E-state index contributed by atoms with van der Waals surface area (Å²) in [5.74, 6) is 0. The van der Waals surface area contributed by atoms with E-state index in [0.717, 1.165) is 5.56 Å². The molecule has 1 aromatic rings. The van der Waals surface area contributed by atoms with Crippen molar-refractivity contribution in [2.45, 2.75) is 38.9 Å². The second kappa shape index (κ2) is 7.14. The Labute approximate surface area is 115 Å². The lowest BCUT2D eigenvalue weighted by Gasteiger charge is -2.30. The lowest BCUT2D eigenvalue weighted by atomic mass is 9.97. The van der Waals surface area contributed by atoms with Gasteiger partial charge in [-0.1, -0.05) is 44.2 Å². The molecule has 0 bridgehead atoms. The van der Waals surface area contributed by atoms with Crippen LogP contribution in [-0.4, -0.2) is 35.3 Å². The van der Waals surface area contributed by atoms with Crippen LogP contribution in [-0.2, 0) is 11.3 Å². The molecule has 106 valence electrons. The van der Waals surface area contributed by atoms with Gasteiger partial charge in [-0.2, -0.15) is 0 Å². The molecule has 0 saturated heterocycles. The minimum atomic E-state index is -0.833. The molecule has 0 aliphatic rings. The summed E-state index contributed by atoms with van der Waals surface area (Å²) in [6.45, 7) is 4.35. The summed E-state index contributed by atoms with van der Waals surface area (Å²) in [5.41, 5.74) is 0.117. The van der Waals surface area contributed by atoms with Crippen LogP contribution in [0.4, 0.5) is 4.79 Å². The van der Waals surface area contributed by atoms with Crippen LogP contribution in [0.15, 0.2) is 30.3 Å². The molecule has 0 aliphatic heterocycles. The zero-order chi connectivity index (χ0) is 14.3. The lowest BCUT2D eigenvalue weighted by Crippen LogP contribution is -2.43. The van der Waals surface area contributed by atoms with Crippen LogP contribution >= 0.6 is 0 Å². The minimum absolute atomic E-state index is 0.251. The predicted octanol–water partition coefficient (Wildman–Crippen LogP) is 2.81. The Balaban J connectivity index is 2.45. The fourth-order valence-corrected chi connectivity index (χ4v) is 1.81. The monoisotopic (exact) mass is 265 g/mol. The molecule has 0 radical (unpaired) electrons. The summed E-state index contributed by atoms with van der Waals surface area (Å²) in [7, 11) is 1.64. The fraction of sp³-hybridized carbons (Fsp3) is 0.533. The van der Waals surface area contributed by atoms with E-state index in [1.165, 1.54) is 4.90 Å². The third-order valence-corrected chi connectivity index (χ3v) is 3.36. The summed E-state index contributed by atoms with van der Waals surface area (Å²) in [5, 5.41) is 10.2. The molecule has 0 aliphatic carbocycles. The fourth-order valence-electron chi connectivity index (χ4n) is 1.81. The summed E-state index contributed by atoms with van der Waals surface area (Å²) in [6.07, 6.45) is 0.809. The van der Waals surface area contributed by atoms with Crippen LogP contribution in [0.3, 0.4) is 0 Å². The number of hydrogen-bond donors (Lipinski definition) is 1. The van der Waals surface area contributed by atoms with E-state index in [1.807, 2.05) is 44.2 Å². The molecule has 0 saturated carbocycles. The number of benzene rings is 1. The standard InChI is InChI=1S/C15H23NO3/c1-4-15(18,5-2)12-16(3)14(17)19-11-13-9-7-6-8-10-13/h6-10,18H,4-5,11-12H2,1-3H3. The van der Waals surface area contributed by atoms with Gasteiger partial charge >= 0.3 is 6.09 Å². The number of carbonyl (C=O) groups is 1. The molecule has 1 amide bonds. The second-order valence-electron chi connectivity index (χ2n) is 4.83. The Hall–Kier alpha value is -1.55. The molecule has 0 unspecified atom stereocenters. The average molecular weight is 265 g/mol. The third-order valence-electron chi connectivity index (χ3n) is 3.36. The second-order valence-corrected chi connectivity index (χ2v) is 4.83. The first-order chi connectivity index (χ1) is 9.00. The van der Waals surface area contributed by atoms with Crippen LogP contribution in [0, 0.1) is 0 Å². The van der Waals surface area contributed by atoms with Crippen LogP contribution in [0.5, 0.6) is 0 Å². The average Bonchev–Trinajstić information content (AvgIpc) is 2.45. The van der Waals surface area contributed by atoms with Crippen LogP contribution in [0.1, 0.15) is 32.3 Å². The van der Waals surface area contributed by atoms with Gasteiger partial charge < -0.3 is 14.7 Å². The Morgan fingerprint density at radius 3 is 2.37 bits per heavy atom. The predicted molar refractivity (Wildman–Crippen MR) is 74.8 cm³/mol.